The third-order valence-electron chi connectivity index (χ3n) is 7.24. The molecule has 1 atom stereocenters. The monoisotopic (exact) mass is 611 g/mol. The third-order valence-corrected chi connectivity index (χ3v) is 7.65. The van der Waals surface area contributed by atoms with Crippen LogP contribution in [0.1, 0.15) is 86.1 Å². The molecular weight excluding hydrogens is 571 g/mol. The fourth-order valence-corrected chi connectivity index (χ4v) is 5.20. The summed E-state index contributed by atoms with van der Waals surface area (Å²) in [4.78, 5) is 23.0. The van der Waals surface area contributed by atoms with Crippen LogP contribution < -0.4 is 5.32 Å². The lowest BCUT2D eigenvalue weighted by atomic mass is 10.1. The number of morpholine rings is 1. The number of nitrogens with one attached hydrogen (secondary N) is 2. The summed E-state index contributed by atoms with van der Waals surface area (Å²) >= 11 is 5.88. The first-order valence-electron chi connectivity index (χ1n) is 14.6. The second-order valence-corrected chi connectivity index (χ2v) is 10.7. The summed E-state index contributed by atoms with van der Waals surface area (Å²) in [6.45, 7) is 6.59. The molecule has 3 N–H and O–H groups in total. The van der Waals surface area contributed by atoms with Gasteiger partial charge in [0, 0.05) is 54.7 Å². The van der Waals surface area contributed by atoms with E-state index in [9.17, 15) is 18.0 Å². The Hall–Kier alpha value is -2.73. The van der Waals surface area contributed by atoms with Gasteiger partial charge in [0.15, 0.2) is 0 Å². The van der Waals surface area contributed by atoms with Crippen LogP contribution in [0.5, 0.6) is 0 Å². The number of carbonyl (C=O) groups is 1. The van der Waals surface area contributed by atoms with Gasteiger partial charge in [-0.2, -0.15) is 13.2 Å². The molecule has 0 saturated carbocycles. The minimum Gasteiger partial charge on any atom is -0.478 e. The molecule has 0 bridgehead atoms. The minimum absolute atomic E-state index is 0.0461. The van der Waals surface area contributed by atoms with E-state index in [1.54, 1.807) is 18.3 Å². The van der Waals surface area contributed by atoms with Crippen molar-refractivity contribution in [2.45, 2.75) is 70.5 Å². The van der Waals surface area contributed by atoms with Crippen molar-refractivity contribution in [2.75, 3.05) is 39.4 Å². The molecule has 232 valence electrons. The fourth-order valence-electron chi connectivity index (χ4n) is 4.89. The molecular formula is C30H41ClF3N5O3. The number of aromatic nitrogens is 3. The SMILES string of the molecule is CCCCCCCCCCNC[C@H](c1cnc(C(F)(F)F)nc1)N1CCOCC1.O=C(O)c1ccc2[nH]ccc2c1Cl. The number of carboxylic acids is 1. The van der Waals surface area contributed by atoms with Gasteiger partial charge >= 0.3 is 12.1 Å². The summed E-state index contributed by atoms with van der Waals surface area (Å²) in [6, 6.07) is 4.90. The highest BCUT2D eigenvalue weighted by atomic mass is 35.5. The number of rotatable bonds is 14. The van der Waals surface area contributed by atoms with Gasteiger partial charge in [0.25, 0.3) is 0 Å². The maximum absolute atomic E-state index is 12.7. The van der Waals surface area contributed by atoms with Crippen molar-refractivity contribution in [1.29, 1.82) is 0 Å². The van der Waals surface area contributed by atoms with Gasteiger partial charge in [-0.05, 0) is 31.2 Å². The molecule has 2 aromatic heterocycles. The number of nitrogens with zero attached hydrogens (tertiary/aromatic N) is 3. The average molecular weight is 612 g/mol. The van der Waals surface area contributed by atoms with Gasteiger partial charge in [0.1, 0.15) is 0 Å². The largest absolute Gasteiger partial charge is 0.478 e. The quantitative estimate of drug-likeness (QED) is 0.167. The first kappa shape index (κ1) is 33.8. The number of alkyl halides is 3. The summed E-state index contributed by atoms with van der Waals surface area (Å²) in [6.07, 6.45) is 10.0. The molecule has 1 aromatic carbocycles. The Bertz CT molecular complexity index is 1220. The van der Waals surface area contributed by atoms with Crippen molar-refractivity contribution in [2.24, 2.45) is 0 Å². The number of unbranched alkanes of at least 4 members (excludes halogenated alkanes) is 7. The van der Waals surface area contributed by atoms with E-state index < -0.39 is 18.0 Å². The Morgan fingerprint density at radius 2 is 1.71 bits per heavy atom. The van der Waals surface area contributed by atoms with E-state index in [0.29, 0.717) is 25.3 Å². The van der Waals surface area contributed by atoms with E-state index in [-0.39, 0.29) is 16.6 Å². The van der Waals surface area contributed by atoms with Crippen LogP contribution >= 0.6 is 11.6 Å². The zero-order valence-corrected chi connectivity index (χ0v) is 24.8. The molecule has 4 rings (SSSR count). The van der Waals surface area contributed by atoms with E-state index in [0.717, 1.165) is 37.0 Å². The number of halogens is 4. The number of hydrogen-bond acceptors (Lipinski definition) is 6. The summed E-state index contributed by atoms with van der Waals surface area (Å²) in [5.74, 6) is -2.10. The predicted octanol–water partition coefficient (Wildman–Crippen LogP) is 7.12. The smallest absolute Gasteiger partial charge is 0.451 e. The molecule has 1 aliphatic heterocycles. The van der Waals surface area contributed by atoms with E-state index in [1.165, 1.54) is 63.4 Å². The number of fused-ring (bicyclic) bond motifs is 1. The van der Waals surface area contributed by atoms with Crippen LogP contribution in [0.15, 0.2) is 36.8 Å². The molecule has 42 heavy (non-hydrogen) atoms. The van der Waals surface area contributed by atoms with Crippen LogP contribution in [0.4, 0.5) is 13.2 Å². The van der Waals surface area contributed by atoms with Crippen molar-refractivity contribution in [3.05, 3.63) is 58.8 Å². The topological polar surface area (TPSA) is 103 Å². The molecule has 8 nitrogen and oxygen atoms in total. The first-order chi connectivity index (χ1) is 20.2. The van der Waals surface area contributed by atoms with Crippen LogP contribution in [-0.4, -0.2) is 70.3 Å². The molecule has 12 heteroatoms. The molecule has 0 unspecified atom stereocenters. The lowest BCUT2D eigenvalue weighted by molar-refractivity contribution is -0.145. The maximum atomic E-state index is 12.7. The van der Waals surface area contributed by atoms with E-state index in [1.807, 2.05) is 0 Å². The van der Waals surface area contributed by atoms with Gasteiger partial charge in [-0.15, -0.1) is 0 Å². The third kappa shape index (κ3) is 10.5. The highest BCUT2D eigenvalue weighted by Gasteiger charge is 2.35. The number of aromatic amines is 1. The summed E-state index contributed by atoms with van der Waals surface area (Å²) in [7, 11) is 0. The first-order valence-corrected chi connectivity index (χ1v) is 15.0. The number of aromatic carboxylic acids is 1. The van der Waals surface area contributed by atoms with E-state index in [2.05, 4.69) is 32.1 Å². The van der Waals surface area contributed by atoms with Gasteiger partial charge in [0.05, 0.1) is 29.8 Å². The molecule has 1 aliphatic rings. The number of ether oxygens (including phenoxy) is 1. The summed E-state index contributed by atoms with van der Waals surface area (Å²) in [5, 5.41) is 13.3. The normalized spacial score (nSPS) is 14.9. The van der Waals surface area contributed by atoms with Crippen LogP contribution in [0.3, 0.4) is 0 Å². The van der Waals surface area contributed by atoms with Crippen molar-refractivity contribution in [1.82, 2.24) is 25.2 Å². The van der Waals surface area contributed by atoms with Gasteiger partial charge in [-0.3, -0.25) is 4.90 Å². The number of benzene rings is 1. The van der Waals surface area contributed by atoms with Gasteiger partial charge in [-0.1, -0.05) is 63.5 Å². The van der Waals surface area contributed by atoms with Gasteiger partial charge in [-0.25, -0.2) is 14.8 Å². The van der Waals surface area contributed by atoms with Gasteiger partial charge in [0.2, 0.25) is 5.82 Å². The van der Waals surface area contributed by atoms with Crippen molar-refractivity contribution < 1.29 is 27.8 Å². The summed E-state index contributed by atoms with van der Waals surface area (Å²) < 4.78 is 43.7. The van der Waals surface area contributed by atoms with Crippen molar-refractivity contribution in [3.63, 3.8) is 0 Å². The standard InChI is InChI=1S/C21H35F3N4O.C9H6ClNO2/c1-2-3-4-5-6-7-8-9-10-25-17-19(28-11-13-29-14-12-28)18-15-26-20(27-16-18)21(22,23)24;10-8-5-3-4-11-7(5)2-1-6(8)9(12)13/h15-16,19,25H,2-14,17H2,1H3;1-4,11H,(H,12,13)/t19-;/m1./s1. The van der Waals surface area contributed by atoms with Crippen molar-refractivity contribution >= 4 is 28.5 Å². The maximum Gasteiger partial charge on any atom is 0.451 e. The lowest BCUT2D eigenvalue weighted by Crippen LogP contribution is -2.43. The van der Waals surface area contributed by atoms with E-state index in [4.69, 9.17) is 21.4 Å². The molecule has 1 fully saturated rings. The fraction of sp³-hybridized carbons (Fsp3) is 0.567. The molecule has 1 saturated heterocycles. The molecule has 0 amide bonds. The Balaban J connectivity index is 0.000000307. The highest BCUT2D eigenvalue weighted by Crippen LogP contribution is 2.28. The molecule has 0 radical (unpaired) electrons. The molecule has 3 aromatic rings. The number of H-pyrrole nitrogens is 1. The van der Waals surface area contributed by atoms with Crippen molar-refractivity contribution in [3.8, 4) is 0 Å². The molecule has 0 aliphatic carbocycles. The summed E-state index contributed by atoms with van der Waals surface area (Å²) in [5.41, 5.74) is 1.69. The Labute approximate surface area is 250 Å². The molecule has 3 heterocycles. The second-order valence-electron chi connectivity index (χ2n) is 10.4. The number of hydrogen-bond donors (Lipinski definition) is 3. The molecule has 0 spiro atoms. The lowest BCUT2D eigenvalue weighted by Gasteiger charge is -2.34. The highest BCUT2D eigenvalue weighted by molar-refractivity contribution is 6.38. The Kier molecular flexibility index (Phi) is 14.0. The van der Waals surface area contributed by atoms with Crippen LogP contribution in [0.25, 0.3) is 10.9 Å². The van der Waals surface area contributed by atoms with E-state index >= 15 is 0 Å². The zero-order chi connectivity index (χ0) is 30.4. The zero-order valence-electron chi connectivity index (χ0n) is 24.1. The Morgan fingerprint density at radius 3 is 2.33 bits per heavy atom. The van der Waals surface area contributed by atoms with Crippen LogP contribution in [0.2, 0.25) is 5.02 Å². The second kappa shape index (κ2) is 17.4. The predicted molar refractivity (Wildman–Crippen MR) is 158 cm³/mol. The minimum atomic E-state index is -4.51. The number of carboxylic acid groups (broad SMARTS) is 1. The average Bonchev–Trinajstić information content (AvgIpc) is 3.47. The van der Waals surface area contributed by atoms with Crippen LogP contribution in [-0.2, 0) is 10.9 Å². The van der Waals surface area contributed by atoms with Crippen LogP contribution in [0, 0.1) is 0 Å². The van der Waals surface area contributed by atoms with Gasteiger partial charge < -0.3 is 20.1 Å². The Morgan fingerprint density at radius 1 is 1.07 bits per heavy atom.